The molecule has 3 heteroatoms. The number of fused-ring (bicyclic) bond motifs is 2. The molecule has 3 fully saturated rings. The largest absolute Gasteiger partial charge is 1.00 e. The maximum absolute atomic E-state index is 2.61. The van der Waals surface area contributed by atoms with Crippen molar-refractivity contribution in [3.8, 4) is 0 Å². The molecule has 0 N–H and O–H groups in total. The number of hydrogen-bond acceptors (Lipinski definition) is 0. The van der Waals surface area contributed by atoms with Crippen LogP contribution < -0.4 is 24.8 Å². The van der Waals surface area contributed by atoms with E-state index in [4.69, 9.17) is 0 Å². The molecule has 1 saturated heterocycles. The number of hydrogen-bond donors (Lipinski definition) is 0. The standard InChI is InChI=1S/2C13H19.C5H10.2ClH.Zr/c2*1-3-10-8-9-11(4-2)13-7-5-6-12(10)13;1-3-5-4-2;;;/h2*6,8-9,12-13H,3-5,7H2,1-2H3;1-5H2;2*1H;/q;;;;;+2/p-2. The maximum atomic E-state index is 2.61. The first-order valence-corrected chi connectivity index (χ1v) is 20.8. The fourth-order valence-electron chi connectivity index (χ4n) is 9.74. The van der Waals surface area contributed by atoms with Gasteiger partial charge in [0, 0.05) is 0 Å². The van der Waals surface area contributed by atoms with Crippen LogP contribution in [-0.2, 0) is 20.3 Å². The molecule has 4 aliphatic carbocycles. The Morgan fingerprint density at radius 1 is 0.559 bits per heavy atom. The molecule has 1 heterocycles. The molecule has 0 aromatic heterocycles. The van der Waals surface area contributed by atoms with Crippen LogP contribution in [0.3, 0.4) is 0 Å². The molecule has 0 aromatic carbocycles. The van der Waals surface area contributed by atoms with Crippen LogP contribution in [0.25, 0.3) is 0 Å². The molecule has 6 atom stereocenters. The summed E-state index contributed by atoms with van der Waals surface area (Å²) in [6.07, 6.45) is 26.4. The first-order chi connectivity index (χ1) is 15.7. The van der Waals surface area contributed by atoms with Crippen LogP contribution >= 0.6 is 0 Å². The smallest absolute Gasteiger partial charge is 1.00 e. The molecule has 5 aliphatic rings. The van der Waals surface area contributed by atoms with Gasteiger partial charge in [0.05, 0.1) is 0 Å². The van der Waals surface area contributed by atoms with E-state index in [1.807, 2.05) is 11.1 Å². The van der Waals surface area contributed by atoms with Crippen molar-refractivity contribution in [1.82, 2.24) is 0 Å². The van der Waals surface area contributed by atoms with Gasteiger partial charge in [0.2, 0.25) is 0 Å². The summed E-state index contributed by atoms with van der Waals surface area (Å²) in [5.41, 5.74) is 7.32. The van der Waals surface area contributed by atoms with Gasteiger partial charge in [-0.15, -0.1) is 0 Å². The quantitative estimate of drug-likeness (QED) is 0.441. The fraction of sp³-hybridized carbons (Fsp3) is 0.742. The Balaban J connectivity index is 0.00000162. The van der Waals surface area contributed by atoms with Crippen LogP contribution in [0, 0.1) is 23.7 Å². The van der Waals surface area contributed by atoms with Crippen LogP contribution in [0.5, 0.6) is 0 Å². The Hall–Kier alpha value is 0.423. The molecule has 0 bridgehead atoms. The Bertz CT molecular complexity index is 766. The molecule has 5 rings (SSSR count). The summed E-state index contributed by atoms with van der Waals surface area (Å²) in [6.45, 7) is 9.74. The zero-order chi connectivity index (χ0) is 22.3. The Morgan fingerprint density at radius 3 is 1.32 bits per heavy atom. The van der Waals surface area contributed by atoms with Crippen molar-refractivity contribution in [2.45, 2.75) is 114 Å². The maximum Gasteiger partial charge on any atom is -1.00 e. The van der Waals surface area contributed by atoms with E-state index >= 15 is 0 Å². The van der Waals surface area contributed by atoms with Crippen molar-refractivity contribution < 1.29 is 45.1 Å². The van der Waals surface area contributed by atoms with E-state index in [-0.39, 0.29) is 24.8 Å². The topological polar surface area (TPSA) is 0 Å². The summed E-state index contributed by atoms with van der Waals surface area (Å²) >= 11 is -2.38. The van der Waals surface area contributed by atoms with Gasteiger partial charge in [-0.05, 0) is 0 Å². The average Bonchev–Trinajstić information content (AvgIpc) is 3.49. The molecule has 34 heavy (non-hydrogen) atoms. The molecule has 0 radical (unpaired) electrons. The van der Waals surface area contributed by atoms with E-state index in [9.17, 15) is 0 Å². The van der Waals surface area contributed by atoms with Gasteiger partial charge in [-0.1, -0.05) is 0 Å². The minimum absolute atomic E-state index is 0. The summed E-state index contributed by atoms with van der Waals surface area (Å²) in [5, 5.41) is 0. The van der Waals surface area contributed by atoms with Crippen molar-refractivity contribution in [3.63, 3.8) is 0 Å². The third kappa shape index (κ3) is 4.71. The fourth-order valence-corrected chi connectivity index (χ4v) is 29.2. The molecule has 0 nitrogen and oxygen atoms in total. The first kappa shape index (κ1) is 29.0. The molecular weight excluding hydrogens is 534 g/mol. The number of rotatable bonds is 6. The van der Waals surface area contributed by atoms with Crippen molar-refractivity contribution >= 4 is 0 Å². The molecule has 0 aromatic rings. The third-order valence-corrected chi connectivity index (χ3v) is 27.8. The van der Waals surface area contributed by atoms with Crippen LogP contribution in [0.4, 0.5) is 0 Å². The van der Waals surface area contributed by atoms with Crippen molar-refractivity contribution in [3.05, 3.63) is 46.6 Å². The predicted octanol–water partition coefficient (Wildman–Crippen LogP) is 4.17. The second kappa shape index (κ2) is 12.3. The SMILES string of the molecule is CCC1=CC=C(CC)C2C1CC[CH]2[Zr+2]1([CH]2CCC3C(CC)=CC=C(CC)C32)[CH2]CCC[CH2]1.[Cl-].[Cl-]. The van der Waals surface area contributed by atoms with E-state index in [0.29, 0.717) is 0 Å². The third-order valence-electron chi connectivity index (χ3n) is 11.0. The van der Waals surface area contributed by atoms with E-state index in [1.54, 1.807) is 45.1 Å². The van der Waals surface area contributed by atoms with Crippen LogP contribution in [0.15, 0.2) is 46.6 Å². The van der Waals surface area contributed by atoms with Crippen molar-refractivity contribution in [1.29, 1.82) is 0 Å². The normalized spacial score (nSPS) is 35.2. The van der Waals surface area contributed by atoms with E-state index in [0.717, 1.165) is 30.9 Å². The molecule has 1 aliphatic heterocycles. The zero-order valence-corrected chi connectivity index (χ0v) is 26.2. The van der Waals surface area contributed by atoms with Gasteiger partial charge in [-0.25, -0.2) is 0 Å². The monoisotopic (exact) mass is 580 g/mol. The van der Waals surface area contributed by atoms with Gasteiger partial charge < -0.3 is 24.8 Å². The second-order valence-corrected chi connectivity index (χ2v) is 24.0. The summed E-state index contributed by atoms with van der Waals surface area (Å²) in [7, 11) is 0. The summed E-state index contributed by atoms with van der Waals surface area (Å²) in [4.78, 5) is 0. The molecule has 2 saturated carbocycles. The summed E-state index contributed by atoms with van der Waals surface area (Å²) < 4.78 is 5.77. The Kier molecular flexibility index (Phi) is 10.5. The average molecular weight is 583 g/mol. The van der Waals surface area contributed by atoms with Crippen LogP contribution in [-0.4, -0.2) is 0 Å². The van der Waals surface area contributed by atoms with Gasteiger partial charge in [-0.3, -0.25) is 0 Å². The Labute approximate surface area is 227 Å². The van der Waals surface area contributed by atoms with Crippen LogP contribution in [0.1, 0.15) is 98.3 Å². The summed E-state index contributed by atoms with van der Waals surface area (Å²) in [6, 6.07) is 0. The minimum atomic E-state index is -2.38. The number of allylic oxidation sites excluding steroid dienone is 8. The molecule has 190 valence electrons. The molecule has 6 unspecified atom stereocenters. The first-order valence-electron chi connectivity index (χ1n) is 14.5. The van der Waals surface area contributed by atoms with E-state index in [1.165, 1.54) is 44.9 Å². The molecular formula is C31H48Cl2Zr. The molecule has 0 amide bonds. The minimum Gasteiger partial charge on any atom is -1.00 e. The Morgan fingerprint density at radius 2 is 0.941 bits per heavy atom. The predicted molar refractivity (Wildman–Crippen MR) is 137 cm³/mol. The van der Waals surface area contributed by atoms with Gasteiger partial charge in [0.25, 0.3) is 0 Å². The van der Waals surface area contributed by atoms with Crippen molar-refractivity contribution in [2.24, 2.45) is 23.7 Å². The van der Waals surface area contributed by atoms with E-state index < -0.39 is 20.3 Å². The second-order valence-electron chi connectivity index (χ2n) is 11.8. The van der Waals surface area contributed by atoms with Crippen LogP contribution in [0.2, 0.25) is 15.5 Å². The molecule has 0 spiro atoms. The van der Waals surface area contributed by atoms with Gasteiger partial charge in [0.1, 0.15) is 0 Å². The van der Waals surface area contributed by atoms with E-state index in [2.05, 4.69) is 52.0 Å². The summed E-state index contributed by atoms with van der Waals surface area (Å²) in [5.74, 6) is 3.73. The van der Waals surface area contributed by atoms with Gasteiger partial charge >= 0.3 is 204 Å². The zero-order valence-electron chi connectivity index (χ0n) is 22.2. The van der Waals surface area contributed by atoms with Gasteiger partial charge in [0.15, 0.2) is 0 Å². The number of halogens is 2. The van der Waals surface area contributed by atoms with Gasteiger partial charge in [-0.2, -0.15) is 0 Å². The van der Waals surface area contributed by atoms with Crippen molar-refractivity contribution in [2.75, 3.05) is 0 Å².